The van der Waals surface area contributed by atoms with Crippen molar-refractivity contribution in [3.63, 3.8) is 0 Å². The molecule has 3 rings (SSSR count). The standard InChI is InChI=1S/C16H14N2O3/c1-10-3-2-4-11-7-8-18(14(10)11)15(19)12-5-6-13(16(20)21)17-9-12/h2-6,9H,7-8H2,1H3,(H,20,21). The average Bonchev–Trinajstić information content (AvgIpc) is 2.92. The van der Waals surface area contributed by atoms with Gasteiger partial charge in [0.25, 0.3) is 5.91 Å². The van der Waals surface area contributed by atoms with Crippen LogP contribution in [0, 0.1) is 6.92 Å². The number of aryl methyl sites for hydroxylation is 1. The lowest BCUT2D eigenvalue weighted by Gasteiger charge is -2.19. The molecule has 1 amide bonds. The number of hydrogen-bond acceptors (Lipinski definition) is 3. The van der Waals surface area contributed by atoms with Gasteiger partial charge in [-0.3, -0.25) is 4.79 Å². The van der Waals surface area contributed by atoms with E-state index < -0.39 is 5.97 Å². The quantitative estimate of drug-likeness (QED) is 0.917. The Kier molecular flexibility index (Phi) is 3.17. The molecule has 2 aromatic rings. The van der Waals surface area contributed by atoms with Gasteiger partial charge in [-0.25, -0.2) is 9.78 Å². The monoisotopic (exact) mass is 282 g/mol. The minimum Gasteiger partial charge on any atom is -0.477 e. The van der Waals surface area contributed by atoms with Crippen molar-refractivity contribution < 1.29 is 14.7 Å². The zero-order chi connectivity index (χ0) is 15.0. The number of para-hydroxylation sites is 1. The highest BCUT2D eigenvalue weighted by Gasteiger charge is 2.27. The molecule has 2 heterocycles. The molecular weight excluding hydrogens is 268 g/mol. The van der Waals surface area contributed by atoms with E-state index in [1.807, 2.05) is 25.1 Å². The van der Waals surface area contributed by atoms with Gasteiger partial charge in [-0.2, -0.15) is 0 Å². The number of fused-ring (bicyclic) bond motifs is 1. The smallest absolute Gasteiger partial charge is 0.354 e. The molecule has 0 spiro atoms. The van der Waals surface area contributed by atoms with Gasteiger partial charge in [0.15, 0.2) is 0 Å². The van der Waals surface area contributed by atoms with Crippen molar-refractivity contribution >= 4 is 17.6 Å². The highest BCUT2D eigenvalue weighted by Crippen LogP contribution is 2.32. The minimum absolute atomic E-state index is 0.0652. The number of nitrogens with zero attached hydrogens (tertiary/aromatic N) is 2. The summed E-state index contributed by atoms with van der Waals surface area (Å²) in [6, 6.07) is 8.86. The topological polar surface area (TPSA) is 70.5 Å². The fraction of sp³-hybridized carbons (Fsp3) is 0.188. The number of amides is 1. The third-order valence-corrected chi connectivity index (χ3v) is 3.67. The highest BCUT2D eigenvalue weighted by molar-refractivity contribution is 6.07. The summed E-state index contributed by atoms with van der Waals surface area (Å²) in [4.78, 5) is 28.9. The second kappa shape index (κ2) is 5.01. The van der Waals surface area contributed by atoms with Gasteiger partial charge in [-0.15, -0.1) is 0 Å². The summed E-state index contributed by atoms with van der Waals surface area (Å²) in [6.07, 6.45) is 2.16. The van der Waals surface area contributed by atoms with Gasteiger partial charge in [0, 0.05) is 12.7 Å². The summed E-state index contributed by atoms with van der Waals surface area (Å²) in [5.74, 6) is -1.25. The summed E-state index contributed by atoms with van der Waals surface area (Å²) in [7, 11) is 0. The van der Waals surface area contributed by atoms with Crippen LogP contribution in [-0.4, -0.2) is 28.5 Å². The van der Waals surface area contributed by atoms with E-state index in [4.69, 9.17) is 5.11 Å². The molecule has 0 atom stereocenters. The first kappa shape index (κ1) is 13.3. The van der Waals surface area contributed by atoms with Gasteiger partial charge in [0.2, 0.25) is 0 Å². The number of benzene rings is 1. The summed E-state index contributed by atoms with van der Waals surface area (Å²) in [6.45, 7) is 2.62. The number of carboxylic acids is 1. The number of carbonyl (C=O) groups excluding carboxylic acids is 1. The van der Waals surface area contributed by atoms with Crippen LogP contribution in [0.15, 0.2) is 36.5 Å². The van der Waals surface area contributed by atoms with Gasteiger partial charge in [-0.05, 0) is 36.6 Å². The maximum atomic E-state index is 12.6. The maximum Gasteiger partial charge on any atom is 0.354 e. The van der Waals surface area contributed by atoms with E-state index in [0.29, 0.717) is 12.1 Å². The van der Waals surface area contributed by atoms with Crippen LogP contribution in [-0.2, 0) is 6.42 Å². The molecule has 1 aliphatic heterocycles. The normalized spacial score (nSPS) is 13.1. The highest BCUT2D eigenvalue weighted by atomic mass is 16.4. The number of carbonyl (C=O) groups is 2. The SMILES string of the molecule is Cc1cccc2c1N(C(=O)c1ccc(C(=O)O)nc1)CC2. The van der Waals surface area contributed by atoms with Crippen molar-refractivity contribution in [1.82, 2.24) is 4.98 Å². The van der Waals surface area contributed by atoms with Gasteiger partial charge in [-0.1, -0.05) is 18.2 Å². The second-order valence-corrected chi connectivity index (χ2v) is 5.03. The maximum absolute atomic E-state index is 12.6. The molecule has 0 radical (unpaired) electrons. The van der Waals surface area contributed by atoms with E-state index in [0.717, 1.165) is 17.7 Å². The van der Waals surface area contributed by atoms with Gasteiger partial charge in [0.1, 0.15) is 5.69 Å². The van der Waals surface area contributed by atoms with E-state index in [2.05, 4.69) is 4.98 Å². The molecule has 1 aliphatic rings. The van der Waals surface area contributed by atoms with Crippen LogP contribution in [0.4, 0.5) is 5.69 Å². The number of rotatable bonds is 2. The fourth-order valence-electron chi connectivity index (χ4n) is 2.66. The zero-order valence-electron chi connectivity index (χ0n) is 11.5. The lowest BCUT2D eigenvalue weighted by atomic mass is 10.1. The predicted octanol–water partition coefficient (Wildman–Crippen LogP) is 2.29. The molecule has 1 aromatic heterocycles. The van der Waals surface area contributed by atoms with E-state index in [1.54, 1.807) is 4.90 Å². The number of hydrogen-bond donors (Lipinski definition) is 1. The van der Waals surface area contributed by atoms with E-state index >= 15 is 0 Å². The van der Waals surface area contributed by atoms with E-state index in [1.165, 1.54) is 23.9 Å². The van der Waals surface area contributed by atoms with Crippen LogP contribution >= 0.6 is 0 Å². The number of pyridine rings is 1. The number of aromatic carboxylic acids is 1. The van der Waals surface area contributed by atoms with Crippen LogP contribution in [0.2, 0.25) is 0 Å². The molecule has 0 saturated heterocycles. The van der Waals surface area contributed by atoms with Gasteiger partial charge < -0.3 is 10.0 Å². The van der Waals surface area contributed by atoms with Crippen molar-refractivity contribution in [2.75, 3.05) is 11.4 Å². The van der Waals surface area contributed by atoms with Crippen LogP contribution in [0.5, 0.6) is 0 Å². The Bertz CT molecular complexity index is 723. The Hall–Kier alpha value is -2.69. The molecule has 0 bridgehead atoms. The van der Waals surface area contributed by atoms with Gasteiger partial charge in [0.05, 0.1) is 11.3 Å². The van der Waals surface area contributed by atoms with Crippen molar-refractivity contribution in [3.05, 3.63) is 58.9 Å². The fourth-order valence-corrected chi connectivity index (χ4v) is 2.66. The molecule has 21 heavy (non-hydrogen) atoms. The third kappa shape index (κ3) is 2.27. The van der Waals surface area contributed by atoms with Crippen LogP contribution in [0.25, 0.3) is 0 Å². The summed E-state index contributed by atoms with van der Waals surface area (Å²) in [5.41, 5.74) is 3.53. The first-order valence-electron chi connectivity index (χ1n) is 6.67. The lowest BCUT2D eigenvalue weighted by Crippen LogP contribution is -2.29. The molecule has 0 aliphatic carbocycles. The van der Waals surface area contributed by atoms with Crippen LogP contribution in [0.1, 0.15) is 32.0 Å². The Morgan fingerprint density at radius 3 is 2.71 bits per heavy atom. The van der Waals surface area contributed by atoms with E-state index in [9.17, 15) is 9.59 Å². The average molecular weight is 282 g/mol. The lowest BCUT2D eigenvalue weighted by molar-refractivity contribution is 0.0690. The first-order chi connectivity index (χ1) is 10.1. The Morgan fingerprint density at radius 2 is 2.05 bits per heavy atom. The predicted molar refractivity (Wildman–Crippen MR) is 77.8 cm³/mol. The molecule has 5 heteroatoms. The van der Waals surface area contributed by atoms with Crippen molar-refractivity contribution in [2.45, 2.75) is 13.3 Å². The van der Waals surface area contributed by atoms with Crippen molar-refractivity contribution in [2.24, 2.45) is 0 Å². The Labute approximate surface area is 121 Å². The molecule has 0 unspecified atom stereocenters. The largest absolute Gasteiger partial charge is 0.477 e. The molecule has 0 fully saturated rings. The Morgan fingerprint density at radius 1 is 1.24 bits per heavy atom. The Balaban J connectivity index is 1.93. The molecule has 5 nitrogen and oxygen atoms in total. The number of anilines is 1. The molecule has 0 saturated carbocycles. The molecule has 106 valence electrons. The minimum atomic E-state index is -1.10. The van der Waals surface area contributed by atoms with Crippen molar-refractivity contribution in [1.29, 1.82) is 0 Å². The summed E-state index contributed by atoms with van der Waals surface area (Å²) >= 11 is 0. The summed E-state index contributed by atoms with van der Waals surface area (Å²) < 4.78 is 0. The number of carboxylic acid groups (broad SMARTS) is 1. The van der Waals surface area contributed by atoms with Gasteiger partial charge >= 0.3 is 5.97 Å². The molecule has 1 N–H and O–H groups in total. The zero-order valence-corrected chi connectivity index (χ0v) is 11.5. The molecular formula is C16H14N2O3. The van der Waals surface area contributed by atoms with Crippen LogP contribution < -0.4 is 4.90 Å². The third-order valence-electron chi connectivity index (χ3n) is 3.67. The second-order valence-electron chi connectivity index (χ2n) is 5.03. The number of aromatic nitrogens is 1. The van der Waals surface area contributed by atoms with E-state index in [-0.39, 0.29) is 11.6 Å². The van der Waals surface area contributed by atoms with Crippen molar-refractivity contribution in [3.8, 4) is 0 Å². The summed E-state index contributed by atoms with van der Waals surface area (Å²) in [5, 5.41) is 8.83. The van der Waals surface area contributed by atoms with Crippen LogP contribution in [0.3, 0.4) is 0 Å². The molecule has 1 aromatic carbocycles. The first-order valence-corrected chi connectivity index (χ1v) is 6.67.